The predicted octanol–water partition coefficient (Wildman–Crippen LogP) is 3.15. The van der Waals surface area contributed by atoms with Gasteiger partial charge >= 0.3 is 0 Å². The molecule has 0 unspecified atom stereocenters. The second kappa shape index (κ2) is 6.48. The van der Waals surface area contributed by atoms with Crippen molar-refractivity contribution in [3.8, 4) is 0 Å². The standard InChI is InChI=1S/C20H16N2O3S/c23-18(16-8-3-4-10-21-16)12-20(25)15-7-1-2-9-17(15)22(19(20)24)13-14-6-5-11-26-14/h1-11,25H,12-13H2/t20-/m0/s1. The van der Waals surface area contributed by atoms with Gasteiger partial charge < -0.3 is 10.0 Å². The van der Waals surface area contributed by atoms with Crippen molar-refractivity contribution >= 4 is 28.7 Å². The van der Waals surface area contributed by atoms with Gasteiger partial charge in [-0.25, -0.2) is 0 Å². The number of amides is 1. The maximum atomic E-state index is 13.1. The number of pyridine rings is 1. The molecule has 1 aliphatic rings. The lowest BCUT2D eigenvalue weighted by molar-refractivity contribution is -0.136. The van der Waals surface area contributed by atoms with E-state index in [2.05, 4.69) is 4.98 Å². The van der Waals surface area contributed by atoms with Crippen LogP contribution in [-0.2, 0) is 16.9 Å². The highest BCUT2D eigenvalue weighted by molar-refractivity contribution is 7.09. The smallest absolute Gasteiger partial charge is 0.264 e. The number of aromatic nitrogens is 1. The number of aliphatic hydroxyl groups is 1. The Kier molecular flexibility index (Phi) is 4.14. The lowest BCUT2D eigenvalue weighted by Crippen LogP contribution is -2.41. The van der Waals surface area contributed by atoms with E-state index in [1.165, 1.54) is 6.20 Å². The van der Waals surface area contributed by atoms with Crippen LogP contribution < -0.4 is 4.90 Å². The van der Waals surface area contributed by atoms with E-state index in [1.807, 2.05) is 23.6 Å². The van der Waals surface area contributed by atoms with Crippen molar-refractivity contribution in [2.24, 2.45) is 0 Å². The van der Waals surface area contributed by atoms with Gasteiger partial charge in [0.15, 0.2) is 11.4 Å². The van der Waals surface area contributed by atoms with Gasteiger partial charge in [-0.15, -0.1) is 11.3 Å². The van der Waals surface area contributed by atoms with Crippen LogP contribution in [0.4, 0.5) is 5.69 Å². The van der Waals surface area contributed by atoms with E-state index in [1.54, 1.807) is 52.6 Å². The number of fused-ring (bicyclic) bond motifs is 1. The van der Waals surface area contributed by atoms with Crippen molar-refractivity contribution in [3.63, 3.8) is 0 Å². The molecule has 2 aromatic heterocycles. The second-order valence-corrected chi connectivity index (χ2v) is 7.20. The lowest BCUT2D eigenvalue weighted by Gasteiger charge is -2.22. The first-order chi connectivity index (χ1) is 12.6. The zero-order valence-electron chi connectivity index (χ0n) is 13.8. The summed E-state index contributed by atoms with van der Waals surface area (Å²) in [5.41, 5.74) is -0.529. The lowest BCUT2D eigenvalue weighted by atomic mass is 9.89. The summed E-state index contributed by atoms with van der Waals surface area (Å²) < 4.78 is 0. The molecule has 4 rings (SSSR count). The van der Waals surface area contributed by atoms with Crippen LogP contribution in [0.25, 0.3) is 0 Å². The van der Waals surface area contributed by atoms with Crippen molar-refractivity contribution in [3.05, 3.63) is 82.3 Å². The molecule has 5 nitrogen and oxygen atoms in total. The third-order valence-electron chi connectivity index (χ3n) is 4.50. The molecular formula is C20H16N2O3S. The van der Waals surface area contributed by atoms with E-state index >= 15 is 0 Å². The molecule has 0 radical (unpaired) electrons. The van der Waals surface area contributed by atoms with E-state index in [0.29, 0.717) is 17.8 Å². The number of ketones is 1. The van der Waals surface area contributed by atoms with E-state index < -0.39 is 11.5 Å². The van der Waals surface area contributed by atoms with E-state index in [4.69, 9.17) is 0 Å². The van der Waals surface area contributed by atoms with Gasteiger partial charge in [0.05, 0.1) is 18.7 Å². The summed E-state index contributed by atoms with van der Waals surface area (Å²) in [6, 6.07) is 15.9. The summed E-state index contributed by atoms with van der Waals surface area (Å²) in [6.07, 6.45) is 1.19. The molecule has 1 N–H and O–H groups in total. The van der Waals surface area contributed by atoms with Crippen molar-refractivity contribution in [2.45, 2.75) is 18.6 Å². The summed E-state index contributed by atoms with van der Waals surface area (Å²) in [4.78, 5) is 32.3. The molecule has 1 atom stereocenters. The molecule has 0 spiro atoms. The Balaban J connectivity index is 1.69. The van der Waals surface area contributed by atoms with Crippen molar-refractivity contribution in [1.29, 1.82) is 0 Å². The Morgan fingerprint density at radius 1 is 1.12 bits per heavy atom. The third-order valence-corrected chi connectivity index (χ3v) is 5.36. The highest BCUT2D eigenvalue weighted by atomic mass is 32.1. The fourth-order valence-corrected chi connectivity index (χ4v) is 3.94. The quantitative estimate of drug-likeness (QED) is 0.706. The first kappa shape index (κ1) is 16.6. The number of hydrogen-bond acceptors (Lipinski definition) is 5. The van der Waals surface area contributed by atoms with Gasteiger partial charge in [0.25, 0.3) is 5.91 Å². The maximum absolute atomic E-state index is 13.1. The Labute approximate surface area is 154 Å². The zero-order chi connectivity index (χ0) is 18.1. The number of nitrogens with zero attached hydrogens (tertiary/aromatic N) is 2. The summed E-state index contributed by atoms with van der Waals surface area (Å²) in [5, 5.41) is 13.1. The largest absolute Gasteiger partial charge is 0.375 e. The van der Waals surface area contributed by atoms with E-state index in [9.17, 15) is 14.7 Å². The van der Waals surface area contributed by atoms with Crippen molar-refractivity contribution in [2.75, 3.05) is 4.90 Å². The fraction of sp³-hybridized carbons (Fsp3) is 0.150. The number of benzene rings is 1. The monoisotopic (exact) mass is 364 g/mol. The van der Waals surface area contributed by atoms with Crippen LogP contribution in [0.15, 0.2) is 66.2 Å². The van der Waals surface area contributed by atoms with Crippen LogP contribution in [0.2, 0.25) is 0 Å². The molecule has 130 valence electrons. The summed E-state index contributed by atoms with van der Waals surface area (Å²) in [6.45, 7) is 0.369. The van der Waals surface area contributed by atoms with Crippen LogP contribution in [-0.4, -0.2) is 21.8 Å². The first-order valence-corrected chi connectivity index (χ1v) is 9.08. The van der Waals surface area contributed by atoms with Crippen LogP contribution in [0.3, 0.4) is 0 Å². The molecule has 3 heterocycles. The molecule has 3 aromatic rings. The van der Waals surface area contributed by atoms with Gasteiger partial charge in [0, 0.05) is 16.6 Å². The number of thiophene rings is 1. The third kappa shape index (κ3) is 2.73. The molecular weight excluding hydrogens is 348 g/mol. The van der Waals surface area contributed by atoms with Crippen molar-refractivity contribution in [1.82, 2.24) is 4.98 Å². The number of Topliss-reactive ketones (excluding diaryl/α,β-unsaturated/α-hetero) is 1. The minimum atomic E-state index is -1.87. The Bertz CT molecular complexity index is 956. The van der Waals surface area contributed by atoms with Gasteiger partial charge in [-0.3, -0.25) is 14.6 Å². The number of rotatable bonds is 5. The highest BCUT2D eigenvalue weighted by Crippen LogP contribution is 2.43. The number of para-hydroxylation sites is 1. The minimum absolute atomic E-state index is 0.239. The van der Waals surface area contributed by atoms with Crippen molar-refractivity contribution < 1.29 is 14.7 Å². The van der Waals surface area contributed by atoms with Crippen LogP contribution >= 0.6 is 11.3 Å². The molecule has 0 bridgehead atoms. The SMILES string of the molecule is O=C(C[C@@]1(O)C(=O)N(Cc2cccs2)c2ccccc21)c1ccccn1. The highest BCUT2D eigenvalue weighted by Gasteiger charge is 2.50. The molecule has 26 heavy (non-hydrogen) atoms. The Hall–Kier alpha value is -2.83. The van der Waals surface area contributed by atoms with Gasteiger partial charge in [-0.2, -0.15) is 0 Å². The van der Waals surface area contributed by atoms with E-state index in [-0.39, 0.29) is 17.9 Å². The summed E-state index contributed by atoms with van der Waals surface area (Å²) in [7, 11) is 0. The van der Waals surface area contributed by atoms with Crippen LogP contribution in [0.1, 0.15) is 27.3 Å². The Morgan fingerprint density at radius 3 is 2.65 bits per heavy atom. The van der Waals surface area contributed by atoms with Gasteiger partial charge in [-0.05, 0) is 29.6 Å². The number of carbonyl (C=O) groups is 2. The van der Waals surface area contributed by atoms with Crippen LogP contribution in [0.5, 0.6) is 0 Å². The average Bonchev–Trinajstić information content (AvgIpc) is 3.25. The zero-order valence-corrected chi connectivity index (χ0v) is 14.6. The first-order valence-electron chi connectivity index (χ1n) is 8.20. The molecule has 1 aliphatic heterocycles. The number of hydrogen-bond donors (Lipinski definition) is 1. The molecule has 1 amide bonds. The van der Waals surface area contributed by atoms with E-state index in [0.717, 1.165) is 4.88 Å². The van der Waals surface area contributed by atoms with Crippen LogP contribution in [0, 0.1) is 0 Å². The predicted molar refractivity (Wildman–Crippen MR) is 99.0 cm³/mol. The molecule has 0 saturated carbocycles. The molecule has 0 saturated heterocycles. The molecule has 1 aromatic carbocycles. The van der Waals surface area contributed by atoms with Gasteiger partial charge in [0.1, 0.15) is 5.69 Å². The van der Waals surface area contributed by atoms with Gasteiger partial charge in [0.2, 0.25) is 0 Å². The second-order valence-electron chi connectivity index (χ2n) is 6.16. The molecule has 6 heteroatoms. The maximum Gasteiger partial charge on any atom is 0.264 e. The number of carbonyl (C=O) groups excluding carboxylic acids is 2. The molecule has 0 fully saturated rings. The topological polar surface area (TPSA) is 70.5 Å². The number of anilines is 1. The minimum Gasteiger partial charge on any atom is -0.375 e. The Morgan fingerprint density at radius 2 is 1.92 bits per heavy atom. The molecule has 0 aliphatic carbocycles. The summed E-state index contributed by atoms with van der Waals surface area (Å²) >= 11 is 1.54. The average molecular weight is 364 g/mol. The van der Waals surface area contributed by atoms with Gasteiger partial charge in [-0.1, -0.05) is 30.3 Å². The fourth-order valence-electron chi connectivity index (χ4n) is 3.24. The summed E-state index contributed by atoms with van der Waals surface area (Å²) in [5.74, 6) is -0.842. The normalized spacial score (nSPS) is 18.8.